The SMILES string of the molecule is O=C(Nc1nnc(Cc2ccccc2)s1)c1cccc(S(=O)(=O)N2CCc3ccccc32)c1. The highest BCUT2D eigenvalue weighted by Crippen LogP contribution is 2.32. The van der Waals surface area contributed by atoms with Crippen LogP contribution in [0.1, 0.15) is 26.5 Å². The van der Waals surface area contributed by atoms with Crippen molar-refractivity contribution >= 4 is 38.1 Å². The first-order valence-electron chi connectivity index (χ1n) is 10.4. The number of amides is 1. The summed E-state index contributed by atoms with van der Waals surface area (Å²) in [5.41, 5.74) is 3.03. The maximum Gasteiger partial charge on any atom is 0.264 e. The topological polar surface area (TPSA) is 92.3 Å². The lowest BCUT2D eigenvalue weighted by Crippen LogP contribution is -2.29. The number of benzene rings is 3. The van der Waals surface area contributed by atoms with Crippen LogP contribution in [0.15, 0.2) is 83.8 Å². The van der Waals surface area contributed by atoms with Gasteiger partial charge in [0, 0.05) is 18.5 Å². The second-order valence-electron chi connectivity index (χ2n) is 7.60. The molecule has 0 spiro atoms. The molecule has 0 fully saturated rings. The summed E-state index contributed by atoms with van der Waals surface area (Å²) in [6.07, 6.45) is 1.29. The van der Waals surface area contributed by atoms with E-state index in [9.17, 15) is 13.2 Å². The van der Waals surface area contributed by atoms with Crippen molar-refractivity contribution in [2.45, 2.75) is 17.7 Å². The van der Waals surface area contributed by atoms with E-state index in [1.807, 2.05) is 48.5 Å². The monoisotopic (exact) mass is 476 g/mol. The number of para-hydroxylation sites is 1. The average molecular weight is 477 g/mol. The number of aromatic nitrogens is 2. The van der Waals surface area contributed by atoms with Crippen LogP contribution in [0.25, 0.3) is 0 Å². The van der Waals surface area contributed by atoms with E-state index in [0.717, 1.165) is 16.1 Å². The predicted molar refractivity (Wildman–Crippen MR) is 128 cm³/mol. The first kappa shape index (κ1) is 21.3. The van der Waals surface area contributed by atoms with Gasteiger partial charge in [-0.2, -0.15) is 0 Å². The van der Waals surface area contributed by atoms with Crippen LogP contribution in [0, 0.1) is 0 Å². The van der Waals surface area contributed by atoms with E-state index in [2.05, 4.69) is 15.5 Å². The van der Waals surface area contributed by atoms with Gasteiger partial charge in [0.25, 0.3) is 15.9 Å². The molecule has 3 aromatic carbocycles. The summed E-state index contributed by atoms with van der Waals surface area (Å²) < 4.78 is 28.0. The largest absolute Gasteiger partial charge is 0.296 e. The van der Waals surface area contributed by atoms with E-state index in [1.54, 1.807) is 18.2 Å². The van der Waals surface area contributed by atoms with Crippen molar-refractivity contribution in [2.75, 3.05) is 16.2 Å². The first-order chi connectivity index (χ1) is 16.0. The van der Waals surface area contributed by atoms with Crippen LogP contribution < -0.4 is 9.62 Å². The fourth-order valence-corrected chi connectivity index (χ4v) is 6.12. The average Bonchev–Trinajstić information content (AvgIpc) is 3.47. The molecule has 9 heteroatoms. The number of nitrogens with zero attached hydrogens (tertiary/aromatic N) is 3. The molecule has 1 aromatic heterocycles. The number of hydrogen-bond donors (Lipinski definition) is 1. The Morgan fingerprint density at radius 3 is 2.61 bits per heavy atom. The van der Waals surface area contributed by atoms with Gasteiger partial charge in [0.2, 0.25) is 5.13 Å². The summed E-state index contributed by atoms with van der Waals surface area (Å²) in [7, 11) is -3.78. The Bertz CT molecular complexity index is 1420. The van der Waals surface area contributed by atoms with Crippen LogP contribution in [0.3, 0.4) is 0 Å². The van der Waals surface area contributed by atoms with Crippen LogP contribution >= 0.6 is 11.3 Å². The van der Waals surface area contributed by atoms with Gasteiger partial charge >= 0.3 is 0 Å². The molecule has 7 nitrogen and oxygen atoms in total. The molecule has 33 heavy (non-hydrogen) atoms. The Balaban J connectivity index is 1.33. The summed E-state index contributed by atoms with van der Waals surface area (Å²) in [6, 6.07) is 23.4. The molecule has 0 atom stereocenters. The minimum absolute atomic E-state index is 0.0777. The molecule has 1 N–H and O–H groups in total. The highest BCUT2D eigenvalue weighted by Gasteiger charge is 2.31. The van der Waals surface area contributed by atoms with Crippen molar-refractivity contribution < 1.29 is 13.2 Å². The van der Waals surface area contributed by atoms with E-state index >= 15 is 0 Å². The molecule has 2 heterocycles. The molecule has 0 bridgehead atoms. The van der Waals surface area contributed by atoms with Gasteiger partial charge < -0.3 is 0 Å². The third-order valence-corrected chi connectivity index (χ3v) is 8.06. The second kappa shape index (κ2) is 8.76. The molecule has 5 rings (SSSR count). The van der Waals surface area contributed by atoms with Gasteiger partial charge in [-0.05, 0) is 41.8 Å². The van der Waals surface area contributed by atoms with Crippen molar-refractivity contribution in [3.05, 3.63) is 101 Å². The summed E-state index contributed by atoms with van der Waals surface area (Å²) in [6.45, 7) is 0.382. The number of sulfonamides is 1. The zero-order chi connectivity index (χ0) is 22.8. The number of nitrogens with one attached hydrogen (secondary N) is 1. The fourth-order valence-electron chi connectivity index (χ4n) is 3.80. The first-order valence-corrected chi connectivity index (χ1v) is 12.6. The lowest BCUT2D eigenvalue weighted by molar-refractivity contribution is 0.102. The van der Waals surface area contributed by atoms with Crippen LogP contribution in [0.2, 0.25) is 0 Å². The van der Waals surface area contributed by atoms with Gasteiger partial charge in [-0.15, -0.1) is 10.2 Å². The Labute approximate surface area is 195 Å². The standard InChI is InChI=1S/C24H20N4O3S2/c29-23(25-24-27-26-22(32-24)15-17-7-2-1-3-8-17)19-10-6-11-20(16-19)33(30,31)28-14-13-18-9-4-5-12-21(18)28/h1-12,16H,13-15H2,(H,25,27,29). The summed E-state index contributed by atoms with van der Waals surface area (Å²) in [5.74, 6) is -0.434. The molecule has 0 saturated heterocycles. The van der Waals surface area contributed by atoms with Gasteiger partial charge in [-0.25, -0.2) is 8.42 Å². The highest BCUT2D eigenvalue weighted by atomic mass is 32.2. The molecule has 0 radical (unpaired) electrons. The Hall–Kier alpha value is -3.56. The number of carbonyl (C=O) groups is 1. The van der Waals surface area contributed by atoms with Crippen LogP contribution in [0.5, 0.6) is 0 Å². The van der Waals surface area contributed by atoms with E-state index < -0.39 is 15.9 Å². The molecule has 4 aromatic rings. The summed E-state index contributed by atoms with van der Waals surface area (Å²) in [5, 5.41) is 12.1. The van der Waals surface area contributed by atoms with Crippen LogP contribution in [-0.2, 0) is 22.9 Å². The fraction of sp³-hybridized carbons (Fsp3) is 0.125. The van der Waals surface area contributed by atoms with Crippen molar-refractivity contribution in [3.63, 3.8) is 0 Å². The quantitative estimate of drug-likeness (QED) is 0.452. The second-order valence-corrected chi connectivity index (χ2v) is 10.5. The third kappa shape index (κ3) is 4.37. The van der Waals surface area contributed by atoms with E-state index in [4.69, 9.17) is 0 Å². The number of hydrogen-bond acceptors (Lipinski definition) is 6. The number of rotatable bonds is 6. The van der Waals surface area contributed by atoms with Crippen molar-refractivity contribution in [2.24, 2.45) is 0 Å². The Morgan fingerprint density at radius 1 is 0.970 bits per heavy atom. The van der Waals surface area contributed by atoms with Gasteiger partial charge in [-0.3, -0.25) is 14.4 Å². The normalized spacial score (nSPS) is 13.0. The maximum absolute atomic E-state index is 13.3. The lowest BCUT2D eigenvalue weighted by Gasteiger charge is -2.19. The molecule has 1 aliphatic rings. The zero-order valence-electron chi connectivity index (χ0n) is 17.5. The molecular formula is C24H20N4O3S2. The van der Waals surface area contributed by atoms with Crippen LogP contribution in [0.4, 0.5) is 10.8 Å². The van der Waals surface area contributed by atoms with Crippen molar-refractivity contribution in [1.82, 2.24) is 10.2 Å². The third-order valence-electron chi connectivity index (χ3n) is 5.41. The van der Waals surface area contributed by atoms with Crippen molar-refractivity contribution in [3.8, 4) is 0 Å². The Kier molecular flexibility index (Phi) is 5.65. The molecule has 1 aliphatic heterocycles. The summed E-state index contributed by atoms with van der Waals surface area (Å²) >= 11 is 1.29. The highest BCUT2D eigenvalue weighted by molar-refractivity contribution is 7.92. The predicted octanol–water partition coefficient (Wildman–Crippen LogP) is 4.13. The van der Waals surface area contributed by atoms with E-state index in [1.165, 1.54) is 27.8 Å². The van der Waals surface area contributed by atoms with E-state index in [0.29, 0.717) is 30.2 Å². The molecule has 166 valence electrons. The Morgan fingerprint density at radius 2 is 1.76 bits per heavy atom. The molecule has 0 saturated carbocycles. The van der Waals surface area contributed by atoms with Crippen molar-refractivity contribution in [1.29, 1.82) is 0 Å². The molecular weight excluding hydrogens is 456 g/mol. The number of anilines is 2. The molecule has 0 unspecified atom stereocenters. The zero-order valence-corrected chi connectivity index (χ0v) is 19.1. The number of fused-ring (bicyclic) bond motifs is 1. The smallest absolute Gasteiger partial charge is 0.264 e. The van der Waals surface area contributed by atoms with Crippen LogP contribution in [-0.4, -0.2) is 31.1 Å². The molecule has 0 aliphatic carbocycles. The molecule has 1 amide bonds. The van der Waals surface area contributed by atoms with Gasteiger partial charge in [0.15, 0.2) is 0 Å². The lowest BCUT2D eigenvalue weighted by atomic mass is 10.2. The van der Waals surface area contributed by atoms with Gasteiger partial charge in [0.05, 0.1) is 10.6 Å². The number of carbonyl (C=O) groups excluding carboxylic acids is 1. The van der Waals surface area contributed by atoms with E-state index in [-0.39, 0.29) is 10.5 Å². The van der Waals surface area contributed by atoms with Gasteiger partial charge in [0.1, 0.15) is 5.01 Å². The minimum Gasteiger partial charge on any atom is -0.296 e. The van der Waals surface area contributed by atoms with Gasteiger partial charge in [-0.1, -0.05) is 65.9 Å². The maximum atomic E-state index is 13.3. The summed E-state index contributed by atoms with van der Waals surface area (Å²) in [4.78, 5) is 12.9. The minimum atomic E-state index is -3.78.